The zero-order valence-corrected chi connectivity index (χ0v) is 14.0. The van der Waals surface area contributed by atoms with E-state index < -0.39 is 0 Å². The van der Waals surface area contributed by atoms with Gasteiger partial charge in [-0.3, -0.25) is 0 Å². The third-order valence-corrected chi connectivity index (χ3v) is 3.46. The molecule has 0 amide bonds. The third-order valence-electron chi connectivity index (χ3n) is 3.46. The summed E-state index contributed by atoms with van der Waals surface area (Å²) in [5, 5.41) is 3.39. The van der Waals surface area contributed by atoms with Gasteiger partial charge in [-0.2, -0.15) is 0 Å². The Morgan fingerprint density at radius 2 is 1.52 bits per heavy atom. The molecule has 23 heavy (non-hydrogen) atoms. The first-order chi connectivity index (χ1) is 11.2. The van der Waals surface area contributed by atoms with E-state index in [0.29, 0.717) is 30.4 Å². The molecule has 2 aromatic carbocycles. The van der Waals surface area contributed by atoms with Crippen molar-refractivity contribution in [3.8, 4) is 17.2 Å². The molecule has 5 heteroatoms. The molecule has 0 bridgehead atoms. The van der Waals surface area contributed by atoms with Gasteiger partial charge in [-0.25, -0.2) is 0 Å². The summed E-state index contributed by atoms with van der Waals surface area (Å²) in [7, 11) is 6.51. The van der Waals surface area contributed by atoms with Crippen LogP contribution in [0.5, 0.6) is 17.2 Å². The Hall–Kier alpha value is -2.40. The Labute approximate surface area is 137 Å². The lowest BCUT2D eigenvalue weighted by Crippen LogP contribution is -2.02. The predicted molar refractivity (Wildman–Crippen MR) is 90.6 cm³/mol. The van der Waals surface area contributed by atoms with E-state index in [1.165, 1.54) is 0 Å². The van der Waals surface area contributed by atoms with Gasteiger partial charge < -0.3 is 24.3 Å². The van der Waals surface area contributed by atoms with Crippen LogP contribution < -0.4 is 19.5 Å². The lowest BCUT2D eigenvalue weighted by atomic mass is 10.1. The highest BCUT2D eigenvalue weighted by molar-refractivity contribution is 5.55. The Bertz CT molecular complexity index is 618. The smallest absolute Gasteiger partial charge is 0.203 e. The van der Waals surface area contributed by atoms with Crippen molar-refractivity contribution in [1.29, 1.82) is 0 Å². The molecule has 0 spiro atoms. The van der Waals surface area contributed by atoms with Crippen LogP contribution in [0.3, 0.4) is 0 Å². The van der Waals surface area contributed by atoms with Gasteiger partial charge in [-0.1, -0.05) is 12.1 Å². The molecule has 0 aliphatic heterocycles. The second-order valence-electron chi connectivity index (χ2n) is 5.02. The van der Waals surface area contributed by atoms with Crippen molar-refractivity contribution in [2.45, 2.75) is 13.2 Å². The first kappa shape index (κ1) is 17.0. The number of methoxy groups -OCH3 is 4. The topological polar surface area (TPSA) is 49.0 Å². The first-order valence-electron chi connectivity index (χ1n) is 7.32. The van der Waals surface area contributed by atoms with Crippen molar-refractivity contribution < 1.29 is 18.9 Å². The highest BCUT2D eigenvalue weighted by Gasteiger charge is 2.12. The number of rotatable bonds is 8. The van der Waals surface area contributed by atoms with E-state index in [9.17, 15) is 0 Å². The summed E-state index contributed by atoms with van der Waals surface area (Å²) >= 11 is 0. The van der Waals surface area contributed by atoms with Crippen molar-refractivity contribution >= 4 is 5.69 Å². The minimum atomic E-state index is 0.597. The van der Waals surface area contributed by atoms with E-state index in [1.54, 1.807) is 28.4 Å². The predicted octanol–water partition coefficient (Wildman–Crippen LogP) is 3.47. The van der Waals surface area contributed by atoms with E-state index in [1.807, 2.05) is 30.3 Å². The van der Waals surface area contributed by atoms with E-state index in [4.69, 9.17) is 18.9 Å². The van der Waals surface area contributed by atoms with Gasteiger partial charge >= 0.3 is 0 Å². The fourth-order valence-electron chi connectivity index (χ4n) is 2.38. The van der Waals surface area contributed by atoms with Crippen LogP contribution in [-0.4, -0.2) is 28.4 Å². The number of ether oxygens (including phenoxy) is 4. The largest absolute Gasteiger partial charge is 0.493 e. The Morgan fingerprint density at radius 1 is 0.826 bits per heavy atom. The number of hydrogen-bond donors (Lipinski definition) is 1. The maximum atomic E-state index is 5.37. The van der Waals surface area contributed by atoms with Crippen LogP contribution >= 0.6 is 0 Å². The van der Waals surface area contributed by atoms with Crippen LogP contribution in [0.15, 0.2) is 36.4 Å². The lowest BCUT2D eigenvalue weighted by molar-refractivity contribution is 0.185. The second-order valence-corrected chi connectivity index (χ2v) is 5.02. The maximum Gasteiger partial charge on any atom is 0.203 e. The fraction of sp³-hybridized carbons (Fsp3) is 0.333. The highest BCUT2D eigenvalue weighted by Crippen LogP contribution is 2.38. The quantitative estimate of drug-likeness (QED) is 0.808. The molecular weight excluding hydrogens is 294 g/mol. The highest BCUT2D eigenvalue weighted by atomic mass is 16.5. The lowest BCUT2D eigenvalue weighted by Gasteiger charge is -2.15. The van der Waals surface area contributed by atoms with Crippen LogP contribution in [0.1, 0.15) is 11.1 Å². The van der Waals surface area contributed by atoms with Gasteiger partial charge in [-0.05, 0) is 35.4 Å². The Morgan fingerprint density at radius 3 is 2.09 bits per heavy atom. The second kappa shape index (κ2) is 8.29. The summed E-state index contributed by atoms with van der Waals surface area (Å²) in [6.45, 7) is 1.24. The molecule has 0 heterocycles. The summed E-state index contributed by atoms with van der Waals surface area (Å²) in [6, 6.07) is 12.0. The summed E-state index contributed by atoms with van der Waals surface area (Å²) in [5.41, 5.74) is 3.20. The van der Waals surface area contributed by atoms with Crippen LogP contribution in [0.25, 0.3) is 0 Å². The SMILES string of the molecule is COCc1cccc(NCc2cc(OC)c(OC)c(OC)c2)c1. The van der Waals surface area contributed by atoms with Gasteiger partial charge in [0.05, 0.1) is 27.9 Å². The molecule has 1 N–H and O–H groups in total. The molecule has 0 radical (unpaired) electrons. The van der Waals surface area contributed by atoms with Crippen molar-refractivity contribution in [2.75, 3.05) is 33.8 Å². The zero-order chi connectivity index (χ0) is 16.7. The van der Waals surface area contributed by atoms with Gasteiger partial charge in [-0.15, -0.1) is 0 Å². The van der Waals surface area contributed by atoms with Crippen LogP contribution in [0.4, 0.5) is 5.69 Å². The Kier molecular flexibility index (Phi) is 6.11. The molecule has 0 atom stereocenters. The zero-order valence-electron chi connectivity index (χ0n) is 14.0. The van der Waals surface area contributed by atoms with E-state index >= 15 is 0 Å². The molecule has 0 aliphatic rings. The minimum Gasteiger partial charge on any atom is -0.493 e. The van der Waals surface area contributed by atoms with Gasteiger partial charge in [0.1, 0.15) is 0 Å². The van der Waals surface area contributed by atoms with Gasteiger partial charge in [0.2, 0.25) is 5.75 Å². The monoisotopic (exact) mass is 317 g/mol. The summed E-state index contributed by atoms with van der Waals surface area (Å²) in [4.78, 5) is 0. The van der Waals surface area contributed by atoms with Crippen LogP contribution in [0, 0.1) is 0 Å². The van der Waals surface area contributed by atoms with Gasteiger partial charge in [0.15, 0.2) is 11.5 Å². The summed E-state index contributed by atoms with van der Waals surface area (Å²) < 4.78 is 21.2. The number of anilines is 1. The molecule has 0 saturated heterocycles. The van der Waals surface area contributed by atoms with E-state index in [2.05, 4.69) is 11.4 Å². The first-order valence-corrected chi connectivity index (χ1v) is 7.32. The van der Waals surface area contributed by atoms with E-state index in [0.717, 1.165) is 16.8 Å². The van der Waals surface area contributed by atoms with Crippen molar-refractivity contribution in [1.82, 2.24) is 0 Å². The number of nitrogens with one attached hydrogen (secondary N) is 1. The van der Waals surface area contributed by atoms with Crippen molar-refractivity contribution in [2.24, 2.45) is 0 Å². The number of benzene rings is 2. The summed E-state index contributed by atoms with van der Waals surface area (Å²) in [6.07, 6.45) is 0. The van der Waals surface area contributed by atoms with Gasteiger partial charge in [0, 0.05) is 19.3 Å². The summed E-state index contributed by atoms with van der Waals surface area (Å²) in [5.74, 6) is 1.90. The molecule has 0 saturated carbocycles. The molecule has 124 valence electrons. The maximum absolute atomic E-state index is 5.37. The molecule has 5 nitrogen and oxygen atoms in total. The molecule has 2 rings (SSSR count). The average molecular weight is 317 g/mol. The average Bonchev–Trinajstić information content (AvgIpc) is 2.59. The van der Waals surface area contributed by atoms with Crippen molar-refractivity contribution in [3.63, 3.8) is 0 Å². The van der Waals surface area contributed by atoms with Crippen LogP contribution in [0.2, 0.25) is 0 Å². The molecule has 0 fully saturated rings. The Balaban J connectivity index is 2.15. The number of hydrogen-bond acceptors (Lipinski definition) is 5. The van der Waals surface area contributed by atoms with Crippen LogP contribution in [-0.2, 0) is 17.9 Å². The van der Waals surface area contributed by atoms with E-state index in [-0.39, 0.29) is 0 Å². The third kappa shape index (κ3) is 4.29. The minimum absolute atomic E-state index is 0.597. The molecular formula is C18H23NO4. The molecule has 0 unspecified atom stereocenters. The van der Waals surface area contributed by atoms with Crippen molar-refractivity contribution in [3.05, 3.63) is 47.5 Å². The molecule has 0 aliphatic carbocycles. The standard InChI is InChI=1S/C18H23NO4/c1-20-12-13-6-5-7-15(8-13)19-11-14-9-16(21-2)18(23-4)17(10-14)22-3/h5-10,19H,11-12H2,1-4H3. The van der Waals surface area contributed by atoms with Gasteiger partial charge in [0.25, 0.3) is 0 Å². The molecule has 2 aromatic rings. The molecule has 0 aromatic heterocycles. The fourth-order valence-corrected chi connectivity index (χ4v) is 2.38. The normalized spacial score (nSPS) is 10.3.